The normalized spacial score (nSPS) is 9.80. The first-order valence-electron chi connectivity index (χ1n) is 6.13. The quantitative estimate of drug-likeness (QED) is 0.827. The molecule has 1 aromatic carbocycles. The van der Waals surface area contributed by atoms with Gasteiger partial charge in [-0.25, -0.2) is 0 Å². The van der Waals surface area contributed by atoms with Gasteiger partial charge in [0.2, 0.25) is 5.91 Å². The van der Waals surface area contributed by atoms with Crippen molar-refractivity contribution in [2.75, 3.05) is 18.8 Å². The van der Waals surface area contributed by atoms with Crippen LogP contribution in [0.5, 0.6) is 0 Å². The summed E-state index contributed by atoms with van der Waals surface area (Å²) >= 11 is 1.43. The average molecular weight is 292 g/mol. The number of rotatable bonds is 7. The van der Waals surface area contributed by atoms with E-state index >= 15 is 0 Å². The SMILES string of the molecule is CCN(CC(=O)O)C(=O)CSCc1ccc(C#N)cc1. The maximum Gasteiger partial charge on any atom is 0.323 e. The van der Waals surface area contributed by atoms with Gasteiger partial charge in [0.25, 0.3) is 0 Å². The van der Waals surface area contributed by atoms with Crippen molar-refractivity contribution in [3.05, 3.63) is 35.4 Å². The van der Waals surface area contributed by atoms with Gasteiger partial charge in [0.15, 0.2) is 0 Å². The lowest BCUT2D eigenvalue weighted by atomic mass is 10.2. The molecule has 6 heteroatoms. The Kier molecular flexibility index (Phi) is 6.60. The van der Waals surface area contributed by atoms with Crippen LogP contribution in [0, 0.1) is 11.3 Å². The molecule has 0 unspecified atom stereocenters. The van der Waals surface area contributed by atoms with Crippen molar-refractivity contribution in [2.45, 2.75) is 12.7 Å². The molecule has 0 aliphatic rings. The van der Waals surface area contributed by atoms with Crippen LogP contribution >= 0.6 is 11.8 Å². The Bertz CT molecular complexity index is 508. The Labute approximate surface area is 122 Å². The first-order valence-corrected chi connectivity index (χ1v) is 7.28. The van der Waals surface area contributed by atoms with Crippen LogP contribution < -0.4 is 0 Å². The third-order valence-electron chi connectivity index (χ3n) is 2.64. The molecular formula is C14H16N2O3S. The van der Waals surface area contributed by atoms with E-state index < -0.39 is 5.97 Å². The largest absolute Gasteiger partial charge is 0.480 e. The smallest absolute Gasteiger partial charge is 0.323 e. The summed E-state index contributed by atoms with van der Waals surface area (Å²) in [7, 11) is 0. The van der Waals surface area contributed by atoms with Crippen LogP contribution in [0.4, 0.5) is 0 Å². The summed E-state index contributed by atoms with van der Waals surface area (Å²) in [6.07, 6.45) is 0. The molecule has 0 saturated heterocycles. The van der Waals surface area contributed by atoms with E-state index in [0.29, 0.717) is 17.9 Å². The molecular weight excluding hydrogens is 276 g/mol. The van der Waals surface area contributed by atoms with E-state index in [0.717, 1.165) is 5.56 Å². The second-order valence-electron chi connectivity index (χ2n) is 4.10. The number of amides is 1. The van der Waals surface area contributed by atoms with Crippen LogP contribution in [0.2, 0.25) is 0 Å². The van der Waals surface area contributed by atoms with Crippen molar-refractivity contribution in [1.29, 1.82) is 5.26 Å². The van der Waals surface area contributed by atoms with Crippen LogP contribution in [-0.4, -0.2) is 40.7 Å². The molecule has 20 heavy (non-hydrogen) atoms. The molecule has 0 heterocycles. The molecule has 5 nitrogen and oxygen atoms in total. The number of benzene rings is 1. The zero-order chi connectivity index (χ0) is 15.0. The zero-order valence-electron chi connectivity index (χ0n) is 11.2. The van der Waals surface area contributed by atoms with Crippen LogP contribution in [0.1, 0.15) is 18.1 Å². The second kappa shape index (κ2) is 8.23. The molecule has 0 aliphatic carbocycles. The zero-order valence-corrected chi connectivity index (χ0v) is 12.0. The molecule has 0 fully saturated rings. The fraction of sp³-hybridized carbons (Fsp3) is 0.357. The highest BCUT2D eigenvalue weighted by molar-refractivity contribution is 7.99. The molecule has 0 radical (unpaired) electrons. The molecule has 1 amide bonds. The summed E-state index contributed by atoms with van der Waals surface area (Å²) < 4.78 is 0. The maximum atomic E-state index is 11.8. The lowest BCUT2D eigenvalue weighted by molar-refractivity contribution is -0.143. The Hall–Kier alpha value is -2.00. The van der Waals surface area contributed by atoms with E-state index in [1.807, 2.05) is 18.2 Å². The highest BCUT2D eigenvalue weighted by Crippen LogP contribution is 2.13. The van der Waals surface area contributed by atoms with E-state index in [1.54, 1.807) is 19.1 Å². The molecule has 0 aliphatic heterocycles. The number of thioether (sulfide) groups is 1. The van der Waals surface area contributed by atoms with E-state index in [9.17, 15) is 9.59 Å². The number of carbonyl (C=O) groups is 2. The number of carboxylic acids is 1. The fourth-order valence-corrected chi connectivity index (χ4v) is 2.45. The highest BCUT2D eigenvalue weighted by Gasteiger charge is 2.14. The van der Waals surface area contributed by atoms with Crippen molar-refractivity contribution in [2.24, 2.45) is 0 Å². The molecule has 106 valence electrons. The van der Waals surface area contributed by atoms with Gasteiger partial charge in [-0.05, 0) is 24.6 Å². The number of nitrogens with zero attached hydrogens (tertiary/aromatic N) is 2. The molecule has 1 aromatic rings. The fourth-order valence-electron chi connectivity index (χ4n) is 1.56. The third-order valence-corrected chi connectivity index (χ3v) is 3.63. The molecule has 1 rings (SSSR count). The van der Waals surface area contributed by atoms with Gasteiger partial charge >= 0.3 is 5.97 Å². The standard InChI is InChI=1S/C14H16N2O3S/c1-2-16(8-14(18)19)13(17)10-20-9-12-5-3-11(7-15)4-6-12/h3-6H,2,8-10H2,1H3,(H,18,19). The van der Waals surface area contributed by atoms with Gasteiger partial charge in [-0.15, -0.1) is 11.8 Å². The topological polar surface area (TPSA) is 81.4 Å². The molecule has 1 N–H and O–H groups in total. The molecule has 0 saturated carbocycles. The number of hydrogen-bond acceptors (Lipinski definition) is 4. The number of nitriles is 1. The minimum absolute atomic E-state index is 0.173. The van der Waals surface area contributed by atoms with Crippen molar-refractivity contribution in [3.63, 3.8) is 0 Å². The molecule has 0 aromatic heterocycles. The van der Waals surface area contributed by atoms with Crippen molar-refractivity contribution >= 4 is 23.6 Å². The van der Waals surface area contributed by atoms with Crippen LogP contribution in [0.15, 0.2) is 24.3 Å². The van der Waals surface area contributed by atoms with Crippen molar-refractivity contribution < 1.29 is 14.7 Å². The summed E-state index contributed by atoms with van der Waals surface area (Å²) in [5.74, 6) is -0.269. The number of hydrogen-bond donors (Lipinski definition) is 1. The van der Waals surface area contributed by atoms with E-state index in [1.165, 1.54) is 16.7 Å². The molecule has 0 bridgehead atoms. The summed E-state index contributed by atoms with van der Waals surface area (Å²) in [5, 5.41) is 17.4. The van der Waals surface area contributed by atoms with Gasteiger partial charge in [0, 0.05) is 12.3 Å². The van der Waals surface area contributed by atoms with Gasteiger partial charge in [-0.2, -0.15) is 5.26 Å². The van der Waals surface area contributed by atoms with Crippen LogP contribution in [0.3, 0.4) is 0 Å². The number of aliphatic carboxylic acids is 1. The Morgan fingerprint density at radius 2 is 2.00 bits per heavy atom. The van der Waals surface area contributed by atoms with Gasteiger partial charge in [0.05, 0.1) is 17.4 Å². The minimum atomic E-state index is -1.00. The van der Waals surface area contributed by atoms with Gasteiger partial charge in [-0.3, -0.25) is 9.59 Å². The molecule has 0 atom stereocenters. The number of carboxylic acid groups (broad SMARTS) is 1. The Morgan fingerprint density at radius 3 is 2.50 bits per heavy atom. The Balaban J connectivity index is 2.40. The summed E-state index contributed by atoms with van der Waals surface area (Å²) in [6.45, 7) is 1.89. The predicted molar refractivity (Wildman–Crippen MR) is 77.2 cm³/mol. The summed E-state index contributed by atoms with van der Waals surface area (Å²) in [5.41, 5.74) is 1.64. The highest BCUT2D eigenvalue weighted by atomic mass is 32.2. The summed E-state index contributed by atoms with van der Waals surface area (Å²) in [4.78, 5) is 23.7. The van der Waals surface area contributed by atoms with Crippen molar-refractivity contribution in [3.8, 4) is 6.07 Å². The lowest BCUT2D eigenvalue weighted by Gasteiger charge is -2.18. The second-order valence-corrected chi connectivity index (χ2v) is 5.09. The van der Waals surface area contributed by atoms with Gasteiger partial charge in [-0.1, -0.05) is 12.1 Å². The van der Waals surface area contributed by atoms with E-state index in [4.69, 9.17) is 10.4 Å². The average Bonchev–Trinajstić information content (AvgIpc) is 2.45. The van der Waals surface area contributed by atoms with E-state index in [-0.39, 0.29) is 18.2 Å². The lowest BCUT2D eigenvalue weighted by Crippen LogP contribution is -2.36. The number of likely N-dealkylation sites (N-methyl/N-ethyl adjacent to an activating group) is 1. The van der Waals surface area contributed by atoms with Gasteiger partial charge in [0.1, 0.15) is 6.54 Å². The van der Waals surface area contributed by atoms with Crippen LogP contribution in [0.25, 0.3) is 0 Å². The maximum absolute atomic E-state index is 11.8. The minimum Gasteiger partial charge on any atom is -0.480 e. The first-order chi connectivity index (χ1) is 9.56. The van der Waals surface area contributed by atoms with Gasteiger partial charge < -0.3 is 10.0 Å². The Morgan fingerprint density at radius 1 is 1.35 bits per heavy atom. The van der Waals surface area contributed by atoms with E-state index in [2.05, 4.69) is 0 Å². The van der Waals surface area contributed by atoms with Crippen LogP contribution in [-0.2, 0) is 15.3 Å². The predicted octanol–water partition coefficient (Wildman–Crippen LogP) is 1.72. The molecule has 0 spiro atoms. The summed E-state index contributed by atoms with van der Waals surface area (Å²) in [6, 6.07) is 9.22. The third kappa shape index (κ3) is 5.33. The monoisotopic (exact) mass is 292 g/mol. The first kappa shape index (κ1) is 16.1. The number of carbonyl (C=O) groups excluding carboxylic acids is 1. The van der Waals surface area contributed by atoms with Crippen molar-refractivity contribution in [1.82, 2.24) is 4.90 Å².